The molecular weight excluding hydrogens is 360 g/mol. The maximum Gasteiger partial charge on any atom is 0.205 e. The summed E-state index contributed by atoms with van der Waals surface area (Å²) in [5, 5.41) is 0.988. The molecule has 0 atom stereocenters. The van der Waals surface area contributed by atoms with E-state index in [9.17, 15) is 0 Å². The molecule has 0 bridgehead atoms. The van der Waals surface area contributed by atoms with Gasteiger partial charge in [-0.05, 0) is 12.1 Å². The number of piperazine rings is 1. The lowest BCUT2D eigenvalue weighted by molar-refractivity contribution is 0.179. The molecule has 0 amide bonds. The van der Waals surface area contributed by atoms with Gasteiger partial charge >= 0.3 is 0 Å². The Hall–Kier alpha value is -2.19. The number of ether oxygens (including phenoxy) is 1. The highest BCUT2D eigenvalue weighted by Crippen LogP contribution is 2.25. The van der Waals surface area contributed by atoms with Crippen molar-refractivity contribution in [2.45, 2.75) is 32.8 Å². The van der Waals surface area contributed by atoms with Crippen LogP contribution in [0.4, 0.5) is 10.8 Å². The topological polar surface area (TPSA) is 58.8 Å². The fraction of sp³-hybridized carbons (Fsp3) is 0.526. The molecule has 4 heterocycles. The van der Waals surface area contributed by atoms with Gasteiger partial charge in [0.2, 0.25) is 5.13 Å². The molecule has 0 radical (unpaired) electrons. The third-order valence-electron chi connectivity index (χ3n) is 4.85. The molecule has 8 heteroatoms. The molecule has 4 rings (SSSR count). The summed E-state index contributed by atoms with van der Waals surface area (Å²) in [6.45, 7) is 10.9. The van der Waals surface area contributed by atoms with Crippen LogP contribution < -0.4 is 9.80 Å². The van der Waals surface area contributed by atoms with Gasteiger partial charge in [-0.1, -0.05) is 20.8 Å². The predicted octanol–water partition coefficient (Wildman–Crippen LogP) is 2.96. The number of methoxy groups -OCH3 is 1. The second-order valence-electron chi connectivity index (χ2n) is 7.93. The molecule has 0 aromatic carbocycles. The van der Waals surface area contributed by atoms with E-state index in [1.165, 1.54) is 17.2 Å². The minimum Gasteiger partial charge on any atom is -0.377 e. The average molecular weight is 387 g/mol. The Bertz CT molecular complexity index is 920. The predicted molar refractivity (Wildman–Crippen MR) is 109 cm³/mol. The summed E-state index contributed by atoms with van der Waals surface area (Å²) in [6.07, 6.45) is 4.34. The lowest BCUT2D eigenvalue weighted by atomic mass is 9.93. The summed E-state index contributed by atoms with van der Waals surface area (Å²) >= 11 is 1.45. The van der Waals surface area contributed by atoms with Crippen molar-refractivity contribution in [1.82, 2.24) is 18.7 Å². The lowest BCUT2D eigenvalue weighted by Gasteiger charge is -2.35. The van der Waals surface area contributed by atoms with Crippen molar-refractivity contribution < 1.29 is 4.74 Å². The molecule has 1 saturated heterocycles. The largest absolute Gasteiger partial charge is 0.377 e. The van der Waals surface area contributed by atoms with E-state index in [0.29, 0.717) is 6.61 Å². The van der Waals surface area contributed by atoms with Gasteiger partial charge < -0.3 is 18.9 Å². The van der Waals surface area contributed by atoms with E-state index >= 15 is 0 Å². The van der Waals surface area contributed by atoms with Crippen LogP contribution in [0.5, 0.6) is 0 Å². The monoisotopic (exact) mass is 386 g/mol. The Kier molecular flexibility index (Phi) is 4.77. The molecule has 0 unspecified atom stereocenters. The number of anilines is 2. The standard InChI is InChI=1S/C19H26N6OS/c1-19(2,3)15-12-25-11-14(5-6-17(25)20-15)23-7-9-24(10-8-23)18-21-16(13-26-4)22-27-18/h5-6,11-12H,7-10,13H2,1-4H3. The summed E-state index contributed by atoms with van der Waals surface area (Å²) in [6, 6.07) is 4.28. The maximum absolute atomic E-state index is 5.11. The van der Waals surface area contributed by atoms with Gasteiger partial charge in [0.25, 0.3) is 0 Å². The molecule has 0 aliphatic carbocycles. The number of rotatable bonds is 4. The summed E-state index contributed by atoms with van der Waals surface area (Å²) in [5.74, 6) is 0.764. The number of pyridine rings is 1. The average Bonchev–Trinajstić information content (AvgIpc) is 3.28. The zero-order chi connectivity index (χ0) is 19.0. The van der Waals surface area contributed by atoms with Crippen LogP contribution in [0.15, 0.2) is 24.5 Å². The fourth-order valence-corrected chi connectivity index (χ4v) is 3.97. The van der Waals surface area contributed by atoms with E-state index in [1.807, 2.05) is 0 Å². The second-order valence-corrected chi connectivity index (χ2v) is 8.66. The summed E-state index contributed by atoms with van der Waals surface area (Å²) < 4.78 is 11.6. The van der Waals surface area contributed by atoms with E-state index in [4.69, 9.17) is 9.72 Å². The zero-order valence-corrected chi connectivity index (χ0v) is 17.2. The lowest BCUT2D eigenvalue weighted by Crippen LogP contribution is -2.46. The number of aromatic nitrogens is 4. The molecule has 0 spiro atoms. The first kappa shape index (κ1) is 18.2. The van der Waals surface area contributed by atoms with Crippen molar-refractivity contribution in [3.8, 4) is 0 Å². The molecule has 7 nitrogen and oxygen atoms in total. The van der Waals surface area contributed by atoms with Gasteiger partial charge in [0.15, 0.2) is 5.82 Å². The van der Waals surface area contributed by atoms with Crippen LogP contribution in [0.25, 0.3) is 5.65 Å². The Morgan fingerprint density at radius 1 is 1.04 bits per heavy atom. The molecule has 3 aromatic heterocycles. The number of fused-ring (bicyclic) bond motifs is 1. The zero-order valence-electron chi connectivity index (χ0n) is 16.3. The minimum absolute atomic E-state index is 0.0568. The molecule has 3 aromatic rings. The summed E-state index contributed by atoms with van der Waals surface area (Å²) in [4.78, 5) is 14.0. The van der Waals surface area contributed by atoms with E-state index < -0.39 is 0 Å². The molecule has 144 valence electrons. The Morgan fingerprint density at radius 2 is 1.78 bits per heavy atom. The fourth-order valence-electron chi connectivity index (χ4n) is 3.25. The normalized spacial score (nSPS) is 15.7. The number of hydrogen-bond donors (Lipinski definition) is 0. The van der Waals surface area contributed by atoms with Crippen LogP contribution in [0.2, 0.25) is 0 Å². The molecule has 0 saturated carbocycles. The van der Waals surface area contributed by atoms with Gasteiger partial charge in [0.05, 0.1) is 11.4 Å². The van der Waals surface area contributed by atoms with Gasteiger partial charge in [0.1, 0.15) is 12.3 Å². The van der Waals surface area contributed by atoms with Crippen molar-refractivity contribution in [2.75, 3.05) is 43.1 Å². The number of imidazole rings is 1. The van der Waals surface area contributed by atoms with Crippen LogP contribution >= 0.6 is 11.5 Å². The molecule has 1 fully saturated rings. The second kappa shape index (κ2) is 7.09. The van der Waals surface area contributed by atoms with Crippen LogP contribution in [0.1, 0.15) is 32.3 Å². The molecular formula is C19H26N6OS. The SMILES string of the molecule is COCc1nsc(N2CCN(c3ccc4nc(C(C)(C)C)cn4c3)CC2)n1. The first-order valence-electron chi connectivity index (χ1n) is 9.25. The van der Waals surface area contributed by atoms with Gasteiger partial charge in [-0.2, -0.15) is 4.37 Å². The van der Waals surface area contributed by atoms with E-state index in [1.54, 1.807) is 7.11 Å². The van der Waals surface area contributed by atoms with Crippen LogP contribution in [-0.2, 0) is 16.8 Å². The highest BCUT2D eigenvalue weighted by molar-refractivity contribution is 7.09. The Morgan fingerprint density at radius 3 is 2.48 bits per heavy atom. The first-order valence-corrected chi connectivity index (χ1v) is 10.0. The third kappa shape index (κ3) is 3.77. The van der Waals surface area contributed by atoms with Gasteiger partial charge in [0, 0.05) is 62.6 Å². The number of nitrogens with zero attached hydrogens (tertiary/aromatic N) is 6. The Labute approximate surface area is 163 Å². The maximum atomic E-state index is 5.11. The highest BCUT2D eigenvalue weighted by Gasteiger charge is 2.22. The molecule has 27 heavy (non-hydrogen) atoms. The highest BCUT2D eigenvalue weighted by atomic mass is 32.1. The smallest absolute Gasteiger partial charge is 0.205 e. The van der Waals surface area contributed by atoms with Crippen molar-refractivity contribution in [3.63, 3.8) is 0 Å². The Balaban J connectivity index is 1.45. The quantitative estimate of drug-likeness (QED) is 0.687. The van der Waals surface area contributed by atoms with E-state index in [2.05, 4.69) is 68.9 Å². The summed E-state index contributed by atoms with van der Waals surface area (Å²) in [7, 11) is 1.67. The van der Waals surface area contributed by atoms with Crippen LogP contribution in [0, 0.1) is 0 Å². The third-order valence-corrected chi connectivity index (χ3v) is 5.66. The van der Waals surface area contributed by atoms with Crippen molar-refractivity contribution in [1.29, 1.82) is 0 Å². The van der Waals surface area contributed by atoms with E-state index in [-0.39, 0.29) is 5.41 Å². The molecule has 0 N–H and O–H groups in total. The molecule has 1 aliphatic heterocycles. The number of hydrogen-bond acceptors (Lipinski definition) is 7. The van der Waals surface area contributed by atoms with Gasteiger partial charge in [-0.15, -0.1) is 0 Å². The van der Waals surface area contributed by atoms with Crippen LogP contribution in [-0.4, -0.2) is 52.0 Å². The summed E-state index contributed by atoms with van der Waals surface area (Å²) in [5.41, 5.74) is 3.41. The van der Waals surface area contributed by atoms with Crippen molar-refractivity contribution >= 4 is 28.0 Å². The first-order chi connectivity index (χ1) is 12.9. The van der Waals surface area contributed by atoms with Gasteiger partial charge in [-0.3, -0.25) is 0 Å². The van der Waals surface area contributed by atoms with Gasteiger partial charge in [-0.25, -0.2) is 9.97 Å². The van der Waals surface area contributed by atoms with Crippen LogP contribution in [0.3, 0.4) is 0 Å². The minimum atomic E-state index is 0.0568. The van der Waals surface area contributed by atoms with Crippen molar-refractivity contribution in [2.24, 2.45) is 0 Å². The van der Waals surface area contributed by atoms with E-state index in [0.717, 1.165) is 48.5 Å². The molecule has 1 aliphatic rings. The van der Waals surface area contributed by atoms with Crippen molar-refractivity contribution in [3.05, 3.63) is 36.0 Å².